The summed E-state index contributed by atoms with van der Waals surface area (Å²) in [5, 5.41) is 2.54. The lowest BCUT2D eigenvalue weighted by molar-refractivity contribution is -0.138. The number of nitrogens with one attached hydrogen (secondary N) is 1. The van der Waals surface area contributed by atoms with E-state index in [4.69, 9.17) is 9.47 Å². The number of nitrogens with zero attached hydrogens (tertiary/aromatic N) is 1. The lowest BCUT2D eigenvalue weighted by Crippen LogP contribution is -2.29. The molecule has 0 saturated heterocycles. The first-order valence-corrected chi connectivity index (χ1v) is 11.6. The number of hydrogen-bond donors (Lipinski definition) is 1. The lowest BCUT2D eigenvalue weighted by atomic mass is 10.0. The van der Waals surface area contributed by atoms with Crippen molar-refractivity contribution in [3.63, 3.8) is 0 Å². The number of rotatable bonds is 12. The molecule has 0 aromatic heterocycles. The van der Waals surface area contributed by atoms with Crippen LogP contribution in [0.5, 0.6) is 0 Å². The topological polar surface area (TPSA) is 67.9 Å². The summed E-state index contributed by atoms with van der Waals surface area (Å²) in [4.78, 5) is 25.0. The van der Waals surface area contributed by atoms with Gasteiger partial charge in [0.2, 0.25) is 0 Å². The number of alkyl carbamates (subject to hydrolysis) is 1. The van der Waals surface area contributed by atoms with Crippen LogP contribution in [0.2, 0.25) is 0 Å². The van der Waals surface area contributed by atoms with Gasteiger partial charge in [0.05, 0.1) is 6.54 Å². The number of ether oxygens (including phenoxy) is 2. The van der Waals surface area contributed by atoms with Crippen LogP contribution in [0.3, 0.4) is 0 Å². The molecule has 0 radical (unpaired) electrons. The second-order valence-corrected chi connectivity index (χ2v) is 8.77. The molecule has 0 aliphatic rings. The van der Waals surface area contributed by atoms with Gasteiger partial charge in [0.15, 0.2) is 0 Å². The first-order chi connectivity index (χ1) is 15.3. The maximum atomic E-state index is 11.6. The molecule has 0 unspecified atom stereocenters. The Balaban J connectivity index is 1.62. The van der Waals surface area contributed by atoms with Crippen molar-refractivity contribution in [1.29, 1.82) is 0 Å². The van der Waals surface area contributed by atoms with Gasteiger partial charge in [0, 0.05) is 23.6 Å². The number of esters is 1. The Kier molecular flexibility index (Phi) is 10.8. The van der Waals surface area contributed by atoms with Crippen LogP contribution in [0, 0.1) is 0 Å². The van der Waals surface area contributed by atoms with Gasteiger partial charge < -0.3 is 19.7 Å². The molecule has 1 amide bonds. The Labute approximate surface area is 195 Å². The summed E-state index contributed by atoms with van der Waals surface area (Å²) in [5.74, 6) is 1.08. The molecule has 2 aromatic rings. The summed E-state index contributed by atoms with van der Waals surface area (Å²) in [6.07, 6.45) is -0.516. The molecule has 0 aliphatic carbocycles. The molecule has 32 heavy (non-hydrogen) atoms. The normalized spacial score (nSPS) is 10.6. The van der Waals surface area contributed by atoms with Crippen LogP contribution in [0.1, 0.15) is 18.1 Å². The highest BCUT2D eigenvalue weighted by molar-refractivity contribution is 7.98. The summed E-state index contributed by atoms with van der Waals surface area (Å²) in [5.41, 5.74) is 5.26. The van der Waals surface area contributed by atoms with Crippen LogP contribution >= 0.6 is 11.8 Å². The molecule has 0 heterocycles. The molecule has 2 aromatic carbocycles. The zero-order valence-electron chi connectivity index (χ0n) is 19.1. The smallest absolute Gasteiger partial charge is 0.407 e. The van der Waals surface area contributed by atoms with E-state index < -0.39 is 12.1 Å². The molecular formula is C25H32N2O4S. The van der Waals surface area contributed by atoms with Crippen molar-refractivity contribution in [2.75, 3.05) is 39.6 Å². The quantitative estimate of drug-likeness (QED) is 0.288. The highest BCUT2D eigenvalue weighted by atomic mass is 32.2. The van der Waals surface area contributed by atoms with Crippen LogP contribution in [0.15, 0.2) is 60.7 Å². The number of hydrogen-bond acceptors (Lipinski definition) is 6. The monoisotopic (exact) mass is 456 g/mol. The Morgan fingerprint density at radius 1 is 0.938 bits per heavy atom. The van der Waals surface area contributed by atoms with Gasteiger partial charge in [0.1, 0.15) is 13.2 Å². The van der Waals surface area contributed by atoms with Gasteiger partial charge in [-0.15, -0.1) is 0 Å². The predicted octanol–water partition coefficient (Wildman–Crippen LogP) is 4.49. The first kappa shape index (κ1) is 25.5. The Morgan fingerprint density at radius 2 is 1.53 bits per heavy atom. The first-order valence-electron chi connectivity index (χ1n) is 10.5. The fourth-order valence-electron chi connectivity index (χ4n) is 2.82. The molecule has 1 N–H and O–H groups in total. The lowest BCUT2D eigenvalue weighted by Gasteiger charge is -2.10. The van der Waals surface area contributed by atoms with Gasteiger partial charge >= 0.3 is 12.1 Å². The van der Waals surface area contributed by atoms with Crippen molar-refractivity contribution in [1.82, 2.24) is 10.2 Å². The van der Waals surface area contributed by atoms with Gasteiger partial charge in [-0.3, -0.25) is 0 Å². The van der Waals surface area contributed by atoms with E-state index in [0.29, 0.717) is 17.9 Å². The Bertz CT molecular complexity index is 880. The van der Waals surface area contributed by atoms with E-state index in [0.717, 1.165) is 12.3 Å². The van der Waals surface area contributed by atoms with E-state index in [1.54, 1.807) is 18.7 Å². The highest BCUT2D eigenvalue weighted by Crippen LogP contribution is 2.22. The van der Waals surface area contributed by atoms with E-state index in [9.17, 15) is 9.59 Å². The minimum absolute atomic E-state index is 0.0891. The molecular weight excluding hydrogens is 424 g/mol. The third kappa shape index (κ3) is 9.58. The summed E-state index contributed by atoms with van der Waals surface area (Å²) < 4.78 is 10.00. The molecule has 6 nitrogen and oxygen atoms in total. The highest BCUT2D eigenvalue weighted by Gasteiger charge is 2.05. The number of carbonyl (C=O) groups is 2. The standard InChI is InChI=1S/C25H32N2O4S/c1-19(2)24(28)30-14-13-26-25(29)31-15-16-32-18-21-7-11-23(12-8-21)22-9-5-20(6-10-22)17-27(3)4/h5-12H,1,13-18H2,2-4H3,(H,26,29). The number of amides is 1. The van der Waals surface area contributed by atoms with E-state index >= 15 is 0 Å². The van der Waals surface area contributed by atoms with Crippen molar-refractivity contribution >= 4 is 23.8 Å². The van der Waals surface area contributed by atoms with Crippen molar-refractivity contribution in [2.24, 2.45) is 0 Å². The largest absolute Gasteiger partial charge is 0.460 e. The van der Waals surface area contributed by atoms with Crippen molar-refractivity contribution in [2.45, 2.75) is 19.2 Å². The van der Waals surface area contributed by atoms with Crippen LogP contribution in [0.25, 0.3) is 11.1 Å². The predicted molar refractivity (Wildman–Crippen MR) is 131 cm³/mol. The molecule has 0 atom stereocenters. The van der Waals surface area contributed by atoms with Gasteiger partial charge in [-0.2, -0.15) is 11.8 Å². The SMILES string of the molecule is C=C(C)C(=O)OCCNC(=O)OCCSCc1ccc(-c2ccc(CN(C)C)cc2)cc1. The van der Waals surface area contributed by atoms with Crippen molar-refractivity contribution < 1.29 is 19.1 Å². The van der Waals surface area contributed by atoms with E-state index in [2.05, 4.69) is 79.4 Å². The van der Waals surface area contributed by atoms with Crippen LogP contribution in [-0.4, -0.2) is 56.6 Å². The van der Waals surface area contributed by atoms with Crippen molar-refractivity contribution in [3.05, 3.63) is 71.8 Å². The van der Waals surface area contributed by atoms with Gasteiger partial charge in [-0.25, -0.2) is 9.59 Å². The molecule has 0 spiro atoms. The minimum atomic E-state index is -0.516. The Hall–Kier alpha value is -2.77. The van der Waals surface area contributed by atoms with Gasteiger partial charge in [-0.1, -0.05) is 55.1 Å². The third-order valence-electron chi connectivity index (χ3n) is 4.42. The van der Waals surface area contributed by atoms with E-state index in [1.807, 2.05) is 0 Å². The average molecular weight is 457 g/mol. The number of carbonyl (C=O) groups excluding carboxylic acids is 2. The third-order valence-corrected chi connectivity index (χ3v) is 5.42. The molecule has 0 saturated carbocycles. The summed E-state index contributed by atoms with van der Waals surface area (Å²) >= 11 is 1.70. The van der Waals surface area contributed by atoms with Crippen LogP contribution < -0.4 is 5.32 Å². The fourth-order valence-corrected chi connectivity index (χ4v) is 3.59. The molecule has 172 valence electrons. The molecule has 0 fully saturated rings. The summed E-state index contributed by atoms with van der Waals surface area (Å²) in [7, 11) is 4.14. The maximum Gasteiger partial charge on any atom is 0.407 e. The van der Waals surface area contributed by atoms with Crippen LogP contribution in [0.4, 0.5) is 4.79 Å². The molecule has 0 bridgehead atoms. The Morgan fingerprint density at radius 3 is 2.09 bits per heavy atom. The van der Waals surface area contributed by atoms with E-state index in [1.165, 1.54) is 22.3 Å². The molecule has 7 heteroatoms. The zero-order valence-corrected chi connectivity index (χ0v) is 19.9. The maximum absolute atomic E-state index is 11.6. The van der Waals surface area contributed by atoms with Gasteiger partial charge in [0.25, 0.3) is 0 Å². The number of benzene rings is 2. The molecule has 2 rings (SSSR count). The van der Waals surface area contributed by atoms with E-state index in [-0.39, 0.29) is 13.2 Å². The van der Waals surface area contributed by atoms with Crippen molar-refractivity contribution in [3.8, 4) is 11.1 Å². The minimum Gasteiger partial charge on any atom is -0.460 e. The average Bonchev–Trinajstić information content (AvgIpc) is 2.77. The molecule has 0 aliphatic heterocycles. The van der Waals surface area contributed by atoms with Gasteiger partial charge in [-0.05, 0) is 43.3 Å². The summed E-state index contributed by atoms with van der Waals surface area (Å²) in [6.45, 7) is 6.61. The second-order valence-electron chi connectivity index (χ2n) is 7.66. The second kappa shape index (κ2) is 13.6. The zero-order chi connectivity index (χ0) is 23.3. The number of thioether (sulfide) groups is 1. The van der Waals surface area contributed by atoms with Crippen LogP contribution in [-0.2, 0) is 26.6 Å². The summed E-state index contributed by atoms with van der Waals surface area (Å²) in [6, 6.07) is 17.2. The fraction of sp³-hybridized carbons (Fsp3) is 0.360.